The number of ether oxygens (including phenoxy) is 2. The number of aliphatic hydroxyl groups is 2. The first kappa shape index (κ1) is 28.3. The van der Waals surface area contributed by atoms with E-state index in [1.807, 2.05) is 20.8 Å². The van der Waals surface area contributed by atoms with Crippen molar-refractivity contribution in [3.05, 3.63) is 58.7 Å². The fraction of sp³-hybridized carbons (Fsp3) is 0.444. The first-order valence-corrected chi connectivity index (χ1v) is 11.5. The normalized spacial score (nSPS) is 13.3. The van der Waals surface area contributed by atoms with Crippen LogP contribution in [-0.2, 0) is 25.7 Å². The average molecular weight is 488 g/mol. The Balaban J connectivity index is 2.68. The number of rotatable bonds is 12. The van der Waals surface area contributed by atoms with Crippen LogP contribution in [-0.4, -0.2) is 53.9 Å². The zero-order valence-corrected chi connectivity index (χ0v) is 20.9. The number of ketones is 1. The molecule has 2 atom stereocenters. The van der Waals surface area contributed by atoms with Gasteiger partial charge in [0.25, 0.3) is 0 Å². The highest BCUT2D eigenvalue weighted by molar-refractivity contribution is 5.96. The standard InChI is InChI=1S/C27H34FNO6/c1-16(2)26-22(11-10-20(31)12-21(32)13-24(33)35-5)25(18-6-8-19(28)9-7-18)23(15-34-4)27(29-26)17(3)14-30/h6-11,16-17,21,30,32H,12-15H2,1-5H3/b11-10+/t17-,21-/m1/s1. The molecule has 0 fully saturated rings. The quantitative estimate of drug-likeness (QED) is 0.342. The highest BCUT2D eigenvalue weighted by Crippen LogP contribution is 2.37. The lowest BCUT2D eigenvalue weighted by Crippen LogP contribution is -2.17. The van der Waals surface area contributed by atoms with Gasteiger partial charge in [0.2, 0.25) is 0 Å². The molecule has 0 aliphatic carbocycles. The molecule has 0 saturated heterocycles. The van der Waals surface area contributed by atoms with Gasteiger partial charge in [-0.3, -0.25) is 14.6 Å². The van der Waals surface area contributed by atoms with Crippen LogP contribution in [0.25, 0.3) is 17.2 Å². The number of benzene rings is 1. The largest absolute Gasteiger partial charge is 0.469 e. The molecular weight excluding hydrogens is 453 g/mol. The highest BCUT2D eigenvalue weighted by atomic mass is 19.1. The number of methoxy groups -OCH3 is 2. The van der Waals surface area contributed by atoms with Crippen LogP contribution in [0, 0.1) is 5.82 Å². The molecule has 35 heavy (non-hydrogen) atoms. The molecule has 0 amide bonds. The minimum Gasteiger partial charge on any atom is -0.469 e. The SMILES string of the molecule is COCc1c([C@H](C)CO)nc(C(C)C)c(/C=C/C(=O)C[C@@H](O)CC(=O)OC)c1-c1ccc(F)cc1. The second kappa shape index (κ2) is 13.2. The first-order chi connectivity index (χ1) is 16.6. The Morgan fingerprint density at radius 2 is 1.74 bits per heavy atom. The Morgan fingerprint density at radius 3 is 2.29 bits per heavy atom. The van der Waals surface area contributed by atoms with Crippen molar-refractivity contribution < 1.29 is 33.7 Å². The summed E-state index contributed by atoms with van der Waals surface area (Å²) in [6, 6.07) is 6.03. The smallest absolute Gasteiger partial charge is 0.308 e. The van der Waals surface area contributed by atoms with Crippen molar-refractivity contribution in [3.63, 3.8) is 0 Å². The van der Waals surface area contributed by atoms with E-state index in [0.29, 0.717) is 22.5 Å². The number of esters is 1. The van der Waals surface area contributed by atoms with Gasteiger partial charge in [0, 0.05) is 30.6 Å². The molecule has 1 heterocycles. The van der Waals surface area contributed by atoms with E-state index in [1.165, 1.54) is 25.3 Å². The second-order valence-electron chi connectivity index (χ2n) is 8.77. The first-order valence-electron chi connectivity index (χ1n) is 11.5. The van der Waals surface area contributed by atoms with Crippen LogP contribution in [0.15, 0.2) is 30.3 Å². The third-order valence-corrected chi connectivity index (χ3v) is 5.61. The maximum absolute atomic E-state index is 13.7. The summed E-state index contributed by atoms with van der Waals surface area (Å²) in [5.41, 5.74) is 4.24. The zero-order valence-electron chi connectivity index (χ0n) is 20.9. The Kier molecular flexibility index (Phi) is 10.7. The van der Waals surface area contributed by atoms with Crippen LogP contribution in [0.5, 0.6) is 0 Å². The van der Waals surface area contributed by atoms with Crippen LogP contribution in [0.4, 0.5) is 4.39 Å². The fourth-order valence-electron chi connectivity index (χ4n) is 3.84. The van der Waals surface area contributed by atoms with E-state index in [1.54, 1.807) is 25.3 Å². The van der Waals surface area contributed by atoms with Crippen molar-refractivity contribution in [2.45, 2.75) is 58.2 Å². The van der Waals surface area contributed by atoms with Gasteiger partial charge in [-0.15, -0.1) is 0 Å². The number of carbonyl (C=O) groups excluding carboxylic acids is 2. The van der Waals surface area contributed by atoms with Gasteiger partial charge in [0.05, 0.1) is 44.2 Å². The predicted molar refractivity (Wildman–Crippen MR) is 131 cm³/mol. The maximum Gasteiger partial charge on any atom is 0.308 e. The minimum atomic E-state index is -1.16. The summed E-state index contributed by atoms with van der Waals surface area (Å²) in [7, 11) is 2.77. The molecule has 2 aromatic rings. The number of pyridine rings is 1. The van der Waals surface area contributed by atoms with Crippen LogP contribution in [0.2, 0.25) is 0 Å². The molecule has 1 aromatic heterocycles. The number of aliphatic hydroxyl groups excluding tert-OH is 2. The van der Waals surface area contributed by atoms with Crippen molar-refractivity contribution in [3.8, 4) is 11.1 Å². The fourth-order valence-corrected chi connectivity index (χ4v) is 3.84. The van der Waals surface area contributed by atoms with E-state index >= 15 is 0 Å². The van der Waals surface area contributed by atoms with Gasteiger partial charge in [0.1, 0.15) is 5.82 Å². The van der Waals surface area contributed by atoms with Crippen LogP contribution in [0.1, 0.15) is 68.0 Å². The summed E-state index contributed by atoms with van der Waals surface area (Å²) in [4.78, 5) is 28.8. The zero-order chi connectivity index (χ0) is 26.1. The summed E-state index contributed by atoms with van der Waals surface area (Å²) >= 11 is 0. The van der Waals surface area contributed by atoms with E-state index in [-0.39, 0.29) is 49.5 Å². The van der Waals surface area contributed by atoms with Gasteiger partial charge < -0.3 is 19.7 Å². The number of aromatic nitrogens is 1. The monoisotopic (exact) mass is 487 g/mol. The van der Waals surface area contributed by atoms with Gasteiger partial charge in [-0.25, -0.2) is 4.39 Å². The average Bonchev–Trinajstić information content (AvgIpc) is 2.82. The molecule has 8 heteroatoms. The number of carbonyl (C=O) groups is 2. The molecule has 1 aromatic carbocycles. The van der Waals surface area contributed by atoms with Crippen molar-refractivity contribution in [1.82, 2.24) is 4.98 Å². The van der Waals surface area contributed by atoms with E-state index in [2.05, 4.69) is 4.74 Å². The van der Waals surface area contributed by atoms with E-state index in [4.69, 9.17) is 9.72 Å². The third kappa shape index (κ3) is 7.52. The molecule has 0 bridgehead atoms. The summed E-state index contributed by atoms with van der Waals surface area (Å²) in [6.07, 6.45) is 1.31. The summed E-state index contributed by atoms with van der Waals surface area (Å²) in [5.74, 6) is -1.66. The molecule has 190 valence electrons. The van der Waals surface area contributed by atoms with Gasteiger partial charge in [-0.2, -0.15) is 0 Å². The molecule has 0 aliphatic rings. The molecule has 0 saturated carbocycles. The number of allylic oxidation sites excluding steroid dienone is 1. The van der Waals surface area contributed by atoms with E-state index in [0.717, 1.165) is 11.1 Å². The van der Waals surface area contributed by atoms with Crippen molar-refractivity contribution >= 4 is 17.8 Å². The molecule has 0 radical (unpaired) electrons. The molecular formula is C27H34FNO6. The van der Waals surface area contributed by atoms with E-state index < -0.39 is 12.1 Å². The molecule has 7 nitrogen and oxygen atoms in total. The number of halogens is 1. The Morgan fingerprint density at radius 1 is 1.09 bits per heavy atom. The molecule has 0 unspecified atom stereocenters. The molecule has 0 spiro atoms. The Labute approximate surface area is 205 Å². The Bertz CT molecular complexity index is 1050. The number of hydrogen-bond donors (Lipinski definition) is 2. The summed E-state index contributed by atoms with van der Waals surface area (Å²) in [5, 5.41) is 19.9. The van der Waals surface area contributed by atoms with Gasteiger partial charge in [-0.1, -0.05) is 32.9 Å². The number of nitrogens with zero attached hydrogens (tertiary/aromatic N) is 1. The van der Waals surface area contributed by atoms with Gasteiger partial charge >= 0.3 is 5.97 Å². The predicted octanol–water partition coefficient (Wildman–Crippen LogP) is 4.15. The molecule has 2 rings (SSSR count). The van der Waals surface area contributed by atoms with E-state index in [9.17, 15) is 24.2 Å². The van der Waals surface area contributed by atoms with Crippen molar-refractivity contribution in [2.75, 3.05) is 20.8 Å². The molecule has 0 aliphatic heterocycles. The second-order valence-corrected chi connectivity index (χ2v) is 8.77. The van der Waals surface area contributed by atoms with Crippen LogP contribution < -0.4 is 0 Å². The lowest BCUT2D eigenvalue weighted by Gasteiger charge is -2.24. The van der Waals surface area contributed by atoms with Gasteiger partial charge in [0.15, 0.2) is 5.78 Å². The number of hydrogen-bond acceptors (Lipinski definition) is 7. The minimum absolute atomic E-state index is 0.0323. The van der Waals surface area contributed by atoms with Crippen molar-refractivity contribution in [1.29, 1.82) is 0 Å². The summed E-state index contributed by atoms with van der Waals surface area (Å²) in [6.45, 7) is 5.89. The maximum atomic E-state index is 13.7. The lowest BCUT2D eigenvalue weighted by molar-refractivity contribution is -0.143. The Hall–Kier alpha value is -2.94. The molecule has 2 N–H and O–H groups in total. The van der Waals surface area contributed by atoms with Crippen molar-refractivity contribution in [2.24, 2.45) is 0 Å². The van der Waals surface area contributed by atoms with Crippen LogP contribution in [0.3, 0.4) is 0 Å². The van der Waals surface area contributed by atoms with Crippen LogP contribution >= 0.6 is 0 Å². The highest BCUT2D eigenvalue weighted by Gasteiger charge is 2.24. The summed E-state index contributed by atoms with van der Waals surface area (Å²) < 4.78 is 23.7. The van der Waals surface area contributed by atoms with Gasteiger partial charge in [-0.05, 0) is 41.3 Å². The third-order valence-electron chi connectivity index (χ3n) is 5.61. The topological polar surface area (TPSA) is 106 Å². The lowest BCUT2D eigenvalue weighted by atomic mass is 9.86.